The van der Waals surface area contributed by atoms with Crippen LogP contribution < -0.4 is 14.8 Å². The number of carbonyl (C=O) groups is 1. The third-order valence-electron chi connectivity index (χ3n) is 3.46. The second-order valence-corrected chi connectivity index (χ2v) is 6.27. The maximum atomic E-state index is 12.4. The maximum absolute atomic E-state index is 12.4. The summed E-state index contributed by atoms with van der Waals surface area (Å²) in [4.78, 5) is 14.7. The number of carbonyl (C=O) groups excluding carboxylic acids is 1. The lowest BCUT2D eigenvalue weighted by Crippen LogP contribution is -2.29. The Kier molecular flexibility index (Phi) is 6.01. The van der Waals surface area contributed by atoms with Crippen LogP contribution >= 0.6 is 11.3 Å². The molecule has 0 aliphatic heterocycles. The molecule has 1 aromatic carbocycles. The first kappa shape index (κ1) is 17.3. The van der Waals surface area contributed by atoms with E-state index in [1.165, 1.54) is 12.0 Å². The molecular weight excluding hydrogens is 314 g/mol. The van der Waals surface area contributed by atoms with Crippen LogP contribution in [0, 0.1) is 6.92 Å². The predicted octanol–water partition coefficient (Wildman–Crippen LogP) is 3.19. The van der Waals surface area contributed by atoms with Crippen molar-refractivity contribution in [1.29, 1.82) is 0 Å². The number of nitrogens with one attached hydrogen (secondary N) is 1. The van der Waals surface area contributed by atoms with Crippen molar-refractivity contribution in [2.24, 2.45) is 0 Å². The predicted molar refractivity (Wildman–Crippen MR) is 90.7 cm³/mol. The summed E-state index contributed by atoms with van der Waals surface area (Å²) in [5, 5.41) is 2.89. The molecule has 0 saturated carbocycles. The van der Waals surface area contributed by atoms with Gasteiger partial charge in [0.15, 0.2) is 0 Å². The average Bonchev–Trinajstić information content (AvgIpc) is 3.00. The number of ether oxygens (including phenoxy) is 3. The molecule has 1 atom stereocenters. The van der Waals surface area contributed by atoms with E-state index in [4.69, 9.17) is 14.2 Å². The molecular formula is C17H21NO4S. The molecule has 0 aliphatic carbocycles. The van der Waals surface area contributed by atoms with Crippen LogP contribution in [0.15, 0.2) is 30.3 Å². The Hall–Kier alpha value is -2.05. The van der Waals surface area contributed by atoms with Gasteiger partial charge < -0.3 is 19.5 Å². The quantitative estimate of drug-likeness (QED) is 0.844. The summed E-state index contributed by atoms with van der Waals surface area (Å²) in [6.07, 6.45) is -0.165. The first-order valence-corrected chi connectivity index (χ1v) is 8.00. The molecule has 1 amide bonds. The summed E-state index contributed by atoms with van der Waals surface area (Å²) >= 11 is 1.66. The van der Waals surface area contributed by atoms with E-state index in [9.17, 15) is 4.79 Å². The Bertz CT molecular complexity index is 668. The zero-order valence-corrected chi connectivity index (χ0v) is 14.5. The number of amides is 1. The largest absolute Gasteiger partial charge is 0.497 e. The smallest absolute Gasteiger partial charge is 0.255 e. The molecule has 5 nitrogen and oxygen atoms in total. The van der Waals surface area contributed by atoms with Crippen LogP contribution in [0.1, 0.15) is 26.2 Å². The number of benzene rings is 1. The average molecular weight is 335 g/mol. The highest BCUT2D eigenvalue weighted by Crippen LogP contribution is 2.26. The monoisotopic (exact) mass is 335 g/mol. The van der Waals surface area contributed by atoms with Crippen LogP contribution in [0.4, 0.5) is 0 Å². The van der Waals surface area contributed by atoms with Crippen molar-refractivity contribution < 1.29 is 19.0 Å². The number of hydrogen-bond acceptors (Lipinski definition) is 5. The van der Waals surface area contributed by atoms with Gasteiger partial charge in [-0.05, 0) is 31.2 Å². The summed E-state index contributed by atoms with van der Waals surface area (Å²) in [5.74, 6) is 0.907. The van der Waals surface area contributed by atoms with Gasteiger partial charge in [-0.2, -0.15) is 0 Å². The van der Waals surface area contributed by atoms with E-state index in [0.717, 1.165) is 4.88 Å². The van der Waals surface area contributed by atoms with Crippen molar-refractivity contribution in [1.82, 2.24) is 5.32 Å². The van der Waals surface area contributed by atoms with Gasteiger partial charge in [-0.1, -0.05) is 0 Å². The van der Waals surface area contributed by atoms with Gasteiger partial charge in [0.05, 0.1) is 19.8 Å². The van der Waals surface area contributed by atoms with E-state index in [-0.39, 0.29) is 12.0 Å². The first-order chi connectivity index (χ1) is 11.1. The van der Waals surface area contributed by atoms with E-state index in [2.05, 4.69) is 5.32 Å². The minimum atomic E-state index is -0.208. The summed E-state index contributed by atoms with van der Waals surface area (Å²) in [6, 6.07) is 9.16. The minimum absolute atomic E-state index is 0.165. The van der Waals surface area contributed by atoms with Crippen LogP contribution in [-0.2, 0) is 4.74 Å². The Balaban J connectivity index is 2.06. The molecule has 0 saturated heterocycles. The fourth-order valence-corrected chi connectivity index (χ4v) is 3.15. The van der Waals surface area contributed by atoms with E-state index in [1.807, 2.05) is 19.1 Å². The van der Waals surface area contributed by atoms with Gasteiger partial charge in [-0.15, -0.1) is 11.3 Å². The molecule has 124 valence electrons. The number of hydrogen-bond donors (Lipinski definition) is 1. The summed E-state index contributed by atoms with van der Waals surface area (Å²) in [5.41, 5.74) is 0.463. The molecule has 0 fully saturated rings. The summed E-state index contributed by atoms with van der Waals surface area (Å²) < 4.78 is 15.9. The molecule has 1 aromatic heterocycles. The third kappa shape index (κ3) is 4.24. The van der Waals surface area contributed by atoms with Crippen molar-refractivity contribution in [3.05, 3.63) is 45.6 Å². The molecule has 1 N–H and O–H groups in total. The van der Waals surface area contributed by atoms with E-state index < -0.39 is 0 Å². The van der Waals surface area contributed by atoms with Crippen LogP contribution in [0.25, 0.3) is 0 Å². The Morgan fingerprint density at radius 3 is 2.52 bits per heavy atom. The molecule has 1 heterocycles. The second-order valence-electron chi connectivity index (χ2n) is 4.95. The Morgan fingerprint density at radius 2 is 1.96 bits per heavy atom. The zero-order valence-electron chi connectivity index (χ0n) is 13.7. The SMILES string of the molecule is COc1ccc(C(=O)NCC(OC)c2ccc(C)s2)c(OC)c1. The van der Waals surface area contributed by atoms with Gasteiger partial charge in [0.25, 0.3) is 5.91 Å². The standard InChI is InChI=1S/C17H21NO4S/c1-11-5-8-16(23-11)15(22-4)10-18-17(19)13-7-6-12(20-2)9-14(13)21-3/h5-9,15H,10H2,1-4H3,(H,18,19). The molecule has 0 radical (unpaired) electrons. The number of rotatable bonds is 7. The summed E-state index contributed by atoms with van der Waals surface area (Å²) in [7, 11) is 4.73. The number of aryl methyl sites for hydroxylation is 1. The van der Waals surface area contributed by atoms with E-state index in [1.54, 1.807) is 43.8 Å². The highest BCUT2D eigenvalue weighted by molar-refractivity contribution is 7.12. The van der Waals surface area contributed by atoms with Crippen LogP contribution in [-0.4, -0.2) is 33.8 Å². The highest BCUT2D eigenvalue weighted by Gasteiger charge is 2.17. The maximum Gasteiger partial charge on any atom is 0.255 e. The summed E-state index contributed by atoms with van der Waals surface area (Å²) in [6.45, 7) is 2.44. The molecule has 0 bridgehead atoms. The van der Waals surface area contributed by atoms with Gasteiger partial charge in [0.1, 0.15) is 17.6 Å². The lowest BCUT2D eigenvalue weighted by atomic mass is 10.1. The topological polar surface area (TPSA) is 56.8 Å². The van der Waals surface area contributed by atoms with Gasteiger partial charge in [-0.25, -0.2) is 0 Å². The Morgan fingerprint density at radius 1 is 1.17 bits per heavy atom. The number of methoxy groups -OCH3 is 3. The molecule has 23 heavy (non-hydrogen) atoms. The second kappa shape index (κ2) is 7.99. The van der Waals surface area contributed by atoms with Gasteiger partial charge in [0, 0.05) is 29.5 Å². The van der Waals surface area contributed by atoms with Crippen molar-refractivity contribution in [3.8, 4) is 11.5 Å². The van der Waals surface area contributed by atoms with Crippen molar-refractivity contribution >= 4 is 17.2 Å². The minimum Gasteiger partial charge on any atom is -0.497 e. The lowest BCUT2D eigenvalue weighted by molar-refractivity contribution is 0.0835. The van der Waals surface area contributed by atoms with E-state index >= 15 is 0 Å². The zero-order chi connectivity index (χ0) is 16.8. The van der Waals surface area contributed by atoms with Crippen LogP contribution in [0.5, 0.6) is 11.5 Å². The molecule has 1 unspecified atom stereocenters. The fraction of sp³-hybridized carbons (Fsp3) is 0.353. The third-order valence-corrected chi connectivity index (χ3v) is 4.56. The van der Waals surface area contributed by atoms with Crippen LogP contribution in [0.2, 0.25) is 0 Å². The van der Waals surface area contributed by atoms with Gasteiger partial charge in [-0.3, -0.25) is 4.79 Å². The van der Waals surface area contributed by atoms with Crippen LogP contribution in [0.3, 0.4) is 0 Å². The fourth-order valence-electron chi connectivity index (χ4n) is 2.19. The molecule has 2 rings (SSSR count). The van der Waals surface area contributed by atoms with Crippen molar-refractivity contribution in [2.75, 3.05) is 27.9 Å². The number of thiophene rings is 1. The molecule has 6 heteroatoms. The van der Waals surface area contributed by atoms with Gasteiger partial charge >= 0.3 is 0 Å². The van der Waals surface area contributed by atoms with Crippen molar-refractivity contribution in [3.63, 3.8) is 0 Å². The molecule has 2 aromatic rings. The Labute approximate surface area is 140 Å². The molecule has 0 spiro atoms. The first-order valence-electron chi connectivity index (χ1n) is 7.18. The normalized spacial score (nSPS) is 11.8. The van der Waals surface area contributed by atoms with E-state index in [0.29, 0.717) is 23.6 Å². The van der Waals surface area contributed by atoms with Crippen molar-refractivity contribution in [2.45, 2.75) is 13.0 Å². The van der Waals surface area contributed by atoms with Gasteiger partial charge in [0.2, 0.25) is 0 Å². The molecule has 0 aliphatic rings. The lowest BCUT2D eigenvalue weighted by Gasteiger charge is -2.16. The highest BCUT2D eigenvalue weighted by atomic mass is 32.1.